The van der Waals surface area contributed by atoms with Gasteiger partial charge in [-0.25, -0.2) is 0 Å². The Morgan fingerprint density at radius 3 is 2.53 bits per heavy atom. The summed E-state index contributed by atoms with van der Waals surface area (Å²) >= 11 is 0. The van der Waals surface area contributed by atoms with Crippen molar-refractivity contribution in [2.24, 2.45) is 0 Å². The van der Waals surface area contributed by atoms with Gasteiger partial charge in [0.1, 0.15) is 0 Å². The molecule has 1 saturated carbocycles. The van der Waals surface area contributed by atoms with Crippen molar-refractivity contribution in [3.63, 3.8) is 0 Å². The van der Waals surface area contributed by atoms with Crippen molar-refractivity contribution >= 4 is 5.91 Å². The highest BCUT2D eigenvalue weighted by atomic mass is 16.3. The number of aliphatic hydroxyl groups is 1. The Labute approximate surface area is 115 Å². The van der Waals surface area contributed by atoms with Gasteiger partial charge >= 0.3 is 0 Å². The molecule has 104 valence electrons. The van der Waals surface area contributed by atoms with E-state index in [1.165, 1.54) is 5.56 Å². The van der Waals surface area contributed by atoms with E-state index in [0.29, 0.717) is 6.42 Å². The van der Waals surface area contributed by atoms with E-state index >= 15 is 0 Å². The lowest BCUT2D eigenvalue weighted by Crippen LogP contribution is -2.49. The van der Waals surface area contributed by atoms with Gasteiger partial charge in [-0.05, 0) is 24.3 Å². The molecule has 1 amide bonds. The molecule has 0 aromatic heterocycles. The number of benzene rings is 1. The predicted molar refractivity (Wildman–Crippen MR) is 75.9 cm³/mol. The lowest BCUT2D eigenvalue weighted by molar-refractivity contribution is -0.123. The molecule has 3 nitrogen and oxygen atoms in total. The van der Waals surface area contributed by atoms with Gasteiger partial charge in [0.05, 0.1) is 12.1 Å². The van der Waals surface area contributed by atoms with Crippen LogP contribution in [0.5, 0.6) is 0 Å². The van der Waals surface area contributed by atoms with Gasteiger partial charge in [0.15, 0.2) is 0 Å². The monoisotopic (exact) mass is 261 g/mol. The number of rotatable bonds is 5. The molecule has 1 aromatic carbocycles. The van der Waals surface area contributed by atoms with E-state index in [4.69, 9.17) is 0 Å². The van der Waals surface area contributed by atoms with Crippen LogP contribution in [-0.2, 0) is 4.79 Å². The maximum Gasteiger partial charge on any atom is 0.221 e. The van der Waals surface area contributed by atoms with E-state index in [2.05, 4.69) is 24.4 Å². The van der Waals surface area contributed by atoms with E-state index in [1.54, 1.807) is 0 Å². The molecule has 0 spiro atoms. The van der Waals surface area contributed by atoms with Gasteiger partial charge in [0.2, 0.25) is 5.91 Å². The van der Waals surface area contributed by atoms with E-state index in [0.717, 1.165) is 25.7 Å². The third kappa shape index (κ3) is 3.57. The molecule has 0 radical (unpaired) electrons. The highest BCUT2D eigenvalue weighted by Gasteiger charge is 2.34. The summed E-state index contributed by atoms with van der Waals surface area (Å²) in [6.07, 6.45) is 4.46. The van der Waals surface area contributed by atoms with Crippen molar-refractivity contribution in [3.8, 4) is 0 Å². The number of carbonyl (C=O) groups excluding carboxylic acids is 1. The smallest absolute Gasteiger partial charge is 0.221 e. The molecule has 0 saturated heterocycles. The Bertz CT molecular complexity index is 410. The SMILES string of the molecule is CC(CC(=O)NC1(CO)CCCC1)c1ccccc1. The van der Waals surface area contributed by atoms with Crippen molar-refractivity contribution in [2.45, 2.75) is 50.5 Å². The molecular formula is C16H23NO2. The maximum absolute atomic E-state index is 12.1. The number of hydrogen-bond acceptors (Lipinski definition) is 2. The van der Waals surface area contributed by atoms with Gasteiger partial charge in [-0.3, -0.25) is 4.79 Å². The average Bonchev–Trinajstić information content (AvgIpc) is 2.88. The highest BCUT2D eigenvalue weighted by molar-refractivity contribution is 5.77. The first-order chi connectivity index (χ1) is 9.15. The number of hydrogen-bond donors (Lipinski definition) is 2. The molecule has 0 heterocycles. The molecule has 1 atom stereocenters. The van der Waals surface area contributed by atoms with Crippen LogP contribution in [0.2, 0.25) is 0 Å². The molecule has 1 fully saturated rings. The summed E-state index contributed by atoms with van der Waals surface area (Å²) in [7, 11) is 0. The average molecular weight is 261 g/mol. The van der Waals surface area contributed by atoms with Crippen LogP contribution in [0.4, 0.5) is 0 Å². The zero-order chi connectivity index (χ0) is 13.7. The first kappa shape index (κ1) is 14.1. The van der Waals surface area contributed by atoms with Crippen molar-refractivity contribution in [3.05, 3.63) is 35.9 Å². The maximum atomic E-state index is 12.1. The second kappa shape index (κ2) is 6.20. The Morgan fingerprint density at radius 2 is 1.95 bits per heavy atom. The van der Waals surface area contributed by atoms with Crippen LogP contribution in [0.1, 0.15) is 50.5 Å². The van der Waals surface area contributed by atoms with E-state index in [-0.39, 0.29) is 24.0 Å². The lowest BCUT2D eigenvalue weighted by Gasteiger charge is -2.28. The summed E-state index contributed by atoms with van der Waals surface area (Å²) in [5.41, 5.74) is 0.829. The minimum absolute atomic E-state index is 0.0484. The molecule has 2 N–H and O–H groups in total. The summed E-state index contributed by atoms with van der Waals surface area (Å²) in [6.45, 7) is 2.12. The van der Waals surface area contributed by atoms with Crippen LogP contribution in [0, 0.1) is 0 Å². The van der Waals surface area contributed by atoms with Crippen LogP contribution in [0.3, 0.4) is 0 Å². The summed E-state index contributed by atoms with van der Waals surface area (Å²) < 4.78 is 0. The second-order valence-corrected chi connectivity index (χ2v) is 5.71. The molecule has 19 heavy (non-hydrogen) atoms. The van der Waals surface area contributed by atoms with Crippen LogP contribution >= 0.6 is 0 Å². The molecular weight excluding hydrogens is 238 g/mol. The van der Waals surface area contributed by atoms with Gasteiger partial charge in [0, 0.05) is 6.42 Å². The zero-order valence-corrected chi connectivity index (χ0v) is 11.6. The molecule has 0 bridgehead atoms. The summed E-state index contributed by atoms with van der Waals surface area (Å²) in [4.78, 5) is 12.1. The molecule has 1 unspecified atom stereocenters. The van der Waals surface area contributed by atoms with Crippen LogP contribution in [0.15, 0.2) is 30.3 Å². The number of amides is 1. The van der Waals surface area contributed by atoms with Gasteiger partial charge in [-0.2, -0.15) is 0 Å². The molecule has 1 aliphatic carbocycles. The topological polar surface area (TPSA) is 49.3 Å². The van der Waals surface area contributed by atoms with E-state index in [1.807, 2.05) is 18.2 Å². The van der Waals surface area contributed by atoms with Gasteiger partial charge in [-0.15, -0.1) is 0 Å². The van der Waals surface area contributed by atoms with Crippen LogP contribution in [-0.4, -0.2) is 23.2 Å². The first-order valence-corrected chi connectivity index (χ1v) is 7.12. The van der Waals surface area contributed by atoms with Crippen molar-refractivity contribution in [2.75, 3.05) is 6.61 Å². The highest BCUT2D eigenvalue weighted by Crippen LogP contribution is 2.29. The largest absolute Gasteiger partial charge is 0.394 e. The van der Waals surface area contributed by atoms with Gasteiger partial charge < -0.3 is 10.4 Å². The van der Waals surface area contributed by atoms with Crippen molar-refractivity contribution in [1.82, 2.24) is 5.32 Å². The minimum atomic E-state index is -0.354. The predicted octanol–water partition coefficient (Wildman–Crippen LogP) is 2.60. The summed E-state index contributed by atoms with van der Waals surface area (Å²) in [5, 5.41) is 12.6. The third-order valence-electron chi connectivity index (χ3n) is 4.13. The minimum Gasteiger partial charge on any atom is -0.394 e. The Hall–Kier alpha value is -1.35. The normalized spacial score (nSPS) is 19.1. The Morgan fingerprint density at radius 1 is 1.32 bits per heavy atom. The summed E-state index contributed by atoms with van der Waals surface area (Å²) in [5.74, 6) is 0.255. The van der Waals surface area contributed by atoms with Crippen molar-refractivity contribution in [1.29, 1.82) is 0 Å². The molecule has 1 aromatic rings. The molecule has 0 aliphatic heterocycles. The molecule has 1 aliphatic rings. The standard InChI is InChI=1S/C16H23NO2/c1-13(14-7-3-2-4-8-14)11-15(19)17-16(12-18)9-5-6-10-16/h2-4,7-8,13,18H,5-6,9-12H2,1H3,(H,17,19). The number of nitrogens with one attached hydrogen (secondary N) is 1. The fraction of sp³-hybridized carbons (Fsp3) is 0.562. The molecule has 3 heteroatoms. The van der Waals surface area contributed by atoms with Gasteiger partial charge in [0.25, 0.3) is 0 Å². The fourth-order valence-electron chi connectivity index (χ4n) is 2.90. The fourth-order valence-corrected chi connectivity index (χ4v) is 2.90. The lowest BCUT2D eigenvalue weighted by atomic mass is 9.95. The van der Waals surface area contributed by atoms with Gasteiger partial charge in [-0.1, -0.05) is 50.1 Å². The Balaban J connectivity index is 1.91. The number of aliphatic hydroxyl groups excluding tert-OH is 1. The molecule has 2 rings (SSSR count). The second-order valence-electron chi connectivity index (χ2n) is 5.71. The van der Waals surface area contributed by atoms with E-state index in [9.17, 15) is 9.90 Å². The quantitative estimate of drug-likeness (QED) is 0.856. The van der Waals surface area contributed by atoms with Crippen molar-refractivity contribution < 1.29 is 9.90 Å². The van der Waals surface area contributed by atoms with Crippen LogP contribution in [0.25, 0.3) is 0 Å². The summed E-state index contributed by atoms with van der Waals surface area (Å²) in [6, 6.07) is 10.1. The van der Waals surface area contributed by atoms with E-state index < -0.39 is 0 Å². The van der Waals surface area contributed by atoms with Crippen LogP contribution < -0.4 is 5.32 Å². The Kier molecular flexibility index (Phi) is 4.59. The number of carbonyl (C=O) groups is 1. The first-order valence-electron chi connectivity index (χ1n) is 7.12. The third-order valence-corrected chi connectivity index (χ3v) is 4.13. The zero-order valence-electron chi connectivity index (χ0n) is 11.6.